The average molecular weight is 294 g/mol. The number of nitrogens with one attached hydrogen (secondary N) is 1. The summed E-state index contributed by atoms with van der Waals surface area (Å²) in [5.41, 5.74) is 0.202. The Bertz CT molecular complexity index is 518. The Morgan fingerprint density at radius 1 is 1.56 bits per heavy atom. The third-order valence-corrected chi connectivity index (χ3v) is 4.55. The second-order valence-electron chi connectivity index (χ2n) is 3.62. The first-order valence-corrected chi connectivity index (χ1v) is 7.84. The van der Waals surface area contributed by atoms with Gasteiger partial charge in [-0.05, 0) is 20.1 Å². The first-order valence-electron chi connectivity index (χ1n) is 4.96. The summed E-state index contributed by atoms with van der Waals surface area (Å²) in [5.74, 6) is -0.953. The van der Waals surface area contributed by atoms with Crippen molar-refractivity contribution in [1.82, 2.24) is 9.88 Å². The van der Waals surface area contributed by atoms with Crippen LogP contribution in [0.3, 0.4) is 0 Å². The smallest absolute Gasteiger partial charge is 0.322 e. The lowest BCUT2D eigenvalue weighted by Crippen LogP contribution is -2.42. The molecule has 7 nitrogen and oxygen atoms in total. The molecule has 1 unspecified atom stereocenters. The van der Waals surface area contributed by atoms with Gasteiger partial charge < -0.3 is 9.63 Å². The van der Waals surface area contributed by atoms with Crippen LogP contribution in [0.4, 0.5) is 0 Å². The monoisotopic (exact) mass is 294 g/mol. The van der Waals surface area contributed by atoms with Crippen LogP contribution in [-0.2, 0) is 14.8 Å². The Kier molecular flexibility index (Phi) is 4.77. The maximum absolute atomic E-state index is 12.0. The van der Waals surface area contributed by atoms with Crippen molar-refractivity contribution in [2.24, 2.45) is 0 Å². The molecule has 0 radical (unpaired) electrons. The van der Waals surface area contributed by atoms with E-state index in [1.165, 1.54) is 25.6 Å². The van der Waals surface area contributed by atoms with Gasteiger partial charge in [-0.2, -0.15) is 16.5 Å². The van der Waals surface area contributed by atoms with Crippen LogP contribution in [0.1, 0.15) is 11.5 Å². The molecule has 1 rings (SSSR count). The second kappa shape index (κ2) is 5.72. The Morgan fingerprint density at radius 2 is 2.17 bits per heavy atom. The normalized spacial score (nSPS) is 13.5. The molecule has 1 heterocycles. The minimum atomic E-state index is -3.95. The lowest BCUT2D eigenvalue weighted by molar-refractivity contribution is -0.138. The molecule has 0 fully saturated rings. The number of carbonyl (C=O) groups is 1. The van der Waals surface area contributed by atoms with Crippen molar-refractivity contribution < 1.29 is 22.8 Å². The maximum Gasteiger partial charge on any atom is 0.322 e. The molecular weight excluding hydrogens is 280 g/mol. The molecule has 1 atom stereocenters. The molecule has 18 heavy (non-hydrogen) atoms. The zero-order chi connectivity index (χ0) is 13.9. The zero-order valence-electron chi connectivity index (χ0n) is 10.1. The van der Waals surface area contributed by atoms with E-state index in [4.69, 9.17) is 9.63 Å². The van der Waals surface area contributed by atoms with Crippen molar-refractivity contribution in [3.05, 3.63) is 11.5 Å². The number of aliphatic carboxylic acids is 1. The Hall–Kier alpha value is -1.06. The van der Waals surface area contributed by atoms with E-state index in [0.29, 0.717) is 0 Å². The molecule has 0 spiro atoms. The summed E-state index contributed by atoms with van der Waals surface area (Å²) in [4.78, 5) is 10.8. The summed E-state index contributed by atoms with van der Waals surface area (Å²) >= 11 is 1.24. The molecule has 102 valence electrons. The van der Waals surface area contributed by atoms with E-state index in [2.05, 4.69) is 9.88 Å². The van der Waals surface area contributed by atoms with E-state index >= 15 is 0 Å². The largest absolute Gasteiger partial charge is 0.480 e. The van der Waals surface area contributed by atoms with Crippen molar-refractivity contribution >= 4 is 27.8 Å². The van der Waals surface area contributed by atoms with E-state index in [1.54, 1.807) is 6.26 Å². The number of thioether (sulfide) groups is 1. The number of sulfonamides is 1. The van der Waals surface area contributed by atoms with E-state index in [9.17, 15) is 13.2 Å². The van der Waals surface area contributed by atoms with E-state index < -0.39 is 22.0 Å². The molecule has 9 heteroatoms. The SMILES string of the molecule is CSCC(NS(=O)(=O)c1c(C)noc1C)C(=O)O. The van der Waals surface area contributed by atoms with Crippen molar-refractivity contribution in [2.75, 3.05) is 12.0 Å². The molecule has 0 bridgehead atoms. The number of nitrogens with zero attached hydrogens (tertiary/aromatic N) is 1. The molecule has 0 saturated heterocycles. The fourth-order valence-corrected chi connectivity index (χ4v) is 3.61. The summed E-state index contributed by atoms with van der Waals surface area (Å²) in [7, 11) is -3.95. The fraction of sp³-hybridized carbons (Fsp3) is 0.556. The van der Waals surface area contributed by atoms with Crippen molar-refractivity contribution in [3.63, 3.8) is 0 Å². The Balaban J connectivity index is 3.05. The number of hydrogen-bond donors (Lipinski definition) is 2. The molecule has 0 aliphatic rings. The van der Waals surface area contributed by atoms with Crippen molar-refractivity contribution in [2.45, 2.75) is 24.8 Å². The standard InChI is InChI=1S/C9H14N2O5S2/c1-5-8(6(2)16-10-5)18(14,15)11-7(4-17-3)9(12)13/h7,11H,4H2,1-3H3,(H,12,13). The van der Waals surface area contributed by atoms with Crippen molar-refractivity contribution in [3.8, 4) is 0 Å². The third-order valence-electron chi connectivity index (χ3n) is 2.17. The highest BCUT2D eigenvalue weighted by Crippen LogP contribution is 2.19. The van der Waals surface area contributed by atoms with Gasteiger partial charge in [0.25, 0.3) is 0 Å². The van der Waals surface area contributed by atoms with Crippen LogP contribution >= 0.6 is 11.8 Å². The number of aromatic nitrogens is 1. The third kappa shape index (κ3) is 3.24. The summed E-state index contributed by atoms with van der Waals surface area (Å²) in [6.45, 7) is 2.94. The van der Waals surface area contributed by atoms with Gasteiger partial charge in [0.1, 0.15) is 16.6 Å². The summed E-state index contributed by atoms with van der Waals surface area (Å²) in [5, 5.41) is 12.5. The molecule has 0 aromatic carbocycles. The molecule has 0 saturated carbocycles. The van der Waals surface area contributed by atoms with E-state index in [-0.39, 0.29) is 22.1 Å². The Labute approximate surface area is 109 Å². The van der Waals surface area contributed by atoms with Gasteiger partial charge in [-0.25, -0.2) is 8.42 Å². The lowest BCUT2D eigenvalue weighted by Gasteiger charge is -2.13. The molecule has 0 aliphatic heterocycles. The zero-order valence-corrected chi connectivity index (χ0v) is 11.8. The fourth-order valence-electron chi connectivity index (χ4n) is 1.43. The molecule has 1 aromatic rings. The van der Waals surface area contributed by atoms with Crippen LogP contribution in [0, 0.1) is 13.8 Å². The molecule has 1 aromatic heterocycles. The summed E-state index contributed by atoms with van der Waals surface area (Å²) < 4.78 is 31.0. The van der Waals surface area contributed by atoms with Gasteiger partial charge in [-0.1, -0.05) is 5.16 Å². The van der Waals surface area contributed by atoms with Crippen LogP contribution < -0.4 is 4.72 Å². The predicted octanol–water partition coefficient (Wildman–Crippen LogP) is 0.386. The molecule has 0 aliphatic carbocycles. The average Bonchev–Trinajstić information content (AvgIpc) is 2.58. The molecular formula is C9H14N2O5S2. The van der Waals surface area contributed by atoms with Crippen LogP contribution in [0.5, 0.6) is 0 Å². The van der Waals surface area contributed by atoms with Gasteiger partial charge in [0.15, 0.2) is 5.76 Å². The number of carboxylic acid groups (broad SMARTS) is 1. The first kappa shape index (κ1) is 15.0. The van der Waals surface area contributed by atoms with Crippen LogP contribution in [0.25, 0.3) is 0 Å². The van der Waals surface area contributed by atoms with Crippen LogP contribution in [0.15, 0.2) is 9.42 Å². The van der Waals surface area contributed by atoms with E-state index in [1.807, 2.05) is 0 Å². The van der Waals surface area contributed by atoms with Gasteiger partial charge in [-0.3, -0.25) is 4.79 Å². The Morgan fingerprint density at radius 3 is 2.56 bits per heavy atom. The highest BCUT2D eigenvalue weighted by Gasteiger charge is 2.29. The van der Waals surface area contributed by atoms with Crippen molar-refractivity contribution in [1.29, 1.82) is 0 Å². The lowest BCUT2D eigenvalue weighted by atomic mass is 10.4. The molecule has 0 amide bonds. The first-order chi connectivity index (χ1) is 8.29. The number of aryl methyl sites for hydroxylation is 2. The highest BCUT2D eigenvalue weighted by molar-refractivity contribution is 7.98. The van der Waals surface area contributed by atoms with Gasteiger partial charge in [0, 0.05) is 5.75 Å². The maximum atomic E-state index is 12.0. The van der Waals surface area contributed by atoms with Gasteiger partial charge in [-0.15, -0.1) is 0 Å². The van der Waals surface area contributed by atoms with Gasteiger partial charge in [0.2, 0.25) is 10.0 Å². The minimum absolute atomic E-state index is 0.102. The predicted molar refractivity (Wildman–Crippen MR) is 66.1 cm³/mol. The molecule has 2 N–H and O–H groups in total. The van der Waals surface area contributed by atoms with E-state index in [0.717, 1.165) is 0 Å². The highest BCUT2D eigenvalue weighted by atomic mass is 32.2. The quantitative estimate of drug-likeness (QED) is 0.780. The van der Waals surface area contributed by atoms with Crippen LogP contribution in [-0.4, -0.2) is 42.7 Å². The minimum Gasteiger partial charge on any atom is -0.480 e. The topological polar surface area (TPSA) is 110 Å². The second-order valence-corrected chi connectivity index (χ2v) is 6.18. The number of rotatable bonds is 6. The summed E-state index contributed by atoms with van der Waals surface area (Å²) in [6, 6.07) is -1.18. The van der Waals surface area contributed by atoms with Crippen LogP contribution in [0.2, 0.25) is 0 Å². The number of carboxylic acids is 1. The van der Waals surface area contributed by atoms with Gasteiger partial charge >= 0.3 is 5.97 Å². The van der Waals surface area contributed by atoms with Gasteiger partial charge in [0.05, 0.1) is 0 Å². The number of hydrogen-bond acceptors (Lipinski definition) is 6. The summed E-state index contributed by atoms with van der Waals surface area (Å²) in [6.07, 6.45) is 1.69.